The van der Waals surface area contributed by atoms with Gasteiger partial charge in [0, 0.05) is 0 Å². The molecule has 0 atom stereocenters. The van der Waals surface area contributed by atoms with Crippen molar-refractivity contribution in [2.45, 2.75) is 0 Å². The molecular weight excluding hydrogens is 697 g/mol. The van der Waals surface area contributed by atoms with Gasteiger partial charge in [-0.2, -0.15) is 0 Å². The summed E-state index contributed by atoms with van der Waals surface area (Å²) in [4.78, 5) is 0. The Labute approximate surface area is 107 Å². The molecule has 0 bridgehead atoms. The fraction of sp³-hybridized carbons (Fsp3) is 1.00. The molecule has 0 heterocycles. The minimum absolute atomic E-state index is 0.604. The second-order valence-corrected chi connectivity index (χ2v) is 56.9. The van der Waals surface area contributed by atoms with Crippen LogP contribution in [0.2, 0.25) is 0 Å². The number of rotatable bonds is 2. The Morgan fingerprint density at radius 1 is 1.00 bits per heavy atom. The molecule has 0 aromatic rings. The first kappa shape index (κ1) is 16.1. The van der Waals surface area contributed by atoms with Crippen LogP contribution in [0.3, 0.4) is 0 Å². The Morgan fingerprint density at radius 2 is 1.20 bits per heavy atom. The summed E-state index contributed by atoms with van der Waals surface area (Å²) in [7, 11) is 8.50. The molecular formula is C4H14I5N. The van der Waals surface area contributed by atoms with Gasteiger partial charge in [-0.25, -0.2) is 0 Å². The summed E-state index contributed by atoms with van der Waals surface area (Å²) in [6.07, 6.45) is 0. The number of halogens is 5. The average Bonchev–Trinajstić information content (AvgIpc) is 1.63. The Hall–Kier alpha value is 3.61. The van der Waals surface area contributed by atoms with E-state index in [9.17, 15) is 0 Å². The molecule has 0 radical (unpaired) electrons. The third-order valence-corrected chi connectivity index (χ3v) is 96.4. The first-order chi connectivity index (χ1) is 4.41. The molecule has 6 heteroatoms. The summed E-state index contributed by atoms with van der Waals surface area (Å²) in [6, 6.07) is 0. The molecule has 70 valence electrons. The van der Waals surface area contributed by atoms with Crippen LogP contribution in [0.25, 0.3) is 0 Å². The zero-order valence-electron chi connectivity index (χ0n) is 6.40. The monoisotopic (exact) mass is 711 g/mol. The summed E-state index contributed by atoms with van der Waals surface area (Å²) in [5.74, 6) is 0. The maximum absolute atomic E-state index is 2.59. The summed E-state index contributed by atoms with van der Waals surface area (Å²) in [6.45, 7) is 0. The van der Waals surface area contributed by atoms with Crippen LogP contribution in [0.5, 0.6) is 0 Å². The van der Waals surface area contributed by atoms with Gasteiger partial charge in [0.25, 0.3) is 0 Å². The van der Waals surface area contributed by atoms with Crippen LogP contribution in [0.4, 0.5) is 0 Å². The van der Waals surface area contributed by atoms with E-state index in [1.165, 1.54) is 0 Å². The normalized spacial score (nSPS) is 11.4. The number of nitrogens with zero attached hydrogens (tertiary/aromatic N) is 1. The Morgan fingerprint density at radius 3 is 1.20 bits per heavy atom. The van der Waals surface area contributed by atoms with E-state index >= 15 is 0 Å². The van der Waals surface area contributed by atoms with Crippen LogP contribution in [0.1, 0.15) is 0 Å². The van der Waals surface area contributed by atoms with Crippen LogP contribution >= 0.6 is 63.7 Å². The van der Waals surface area contributed by atoms with Crippen LogP contribution in [0, 0.1) is 0 Å². The maximum atomic E-state index is 2.59. The van der Waals surface area contributed by atoms with Crippen molar-refractivity contribution in [3.8, 4) is 0 Å². The molecule has 0 amide bonds. The molecule has 0 spiro atoms. The van der Waals surface area contributed by atoms with Gasteiger partial charge in [-0.15, -0.1) is 0 Å². The molecule has 0 aliphatic carbocycles. The Kier molecular flexibility index (Phi) is 17.2. The van der Waals surface area contributed by atoms with E-state index in [2.05, 4.69) is 65.4 Å². The van der Waals surface area contributed by atoms with E-state index in [1.807, 2.05) is 0 Å². The van der Waals surface area contributed by atoms with Crippen LogP contribution < -0.4 is 13.3 Å². The van der Waals surface area contributed by atoms with Gasteiger partial charge in [0.1, 0.15) is 0 Å². The molecule has 10 heavy (non-hydrogen) atoms. The summed E-state index contributed by atoms with van der Waals surface area (Å²) >= 11 is 7.26. The molecule has 0 saturated carbocycles. The van der Waals surface area contributed by atoms with Gasteiger partial charge in [-0.05, 0) is 0 Å². The van der Waals surface area contributed by atoms with Crippen molar-refractivity contribution < 1.29 is 17.7 Å². The molecule has 0 aromatic carbocycles. The fourth-order valence-corrected chi connectivity index (χ4v) is 122. The average molecular weight is 711 g/mol. The van der Waals surface area contributed by atoms with Crippen molar-refractivity contribution in [3.63, 3.8) is 0 Å². The van der Waals surface area contributed by atoms with Gasteiger partial charge in [-0.3, -0.25) is 0 Å². The van der Waals surface area contributed by atoms with Gasteiger partial charge in [0.05, 0.1) is 28.2 Å². The van der Waals surface area contributed by atoms with E-state index < -0.39 is 0 Å². The molecule has 0 aliphatic heterocycles. The van der Waals surface area contributed by atoms with Crippen molar-refractivity contribution in [3.05, 3.63) is 0 Å². The first-order valence-corrected chi connectivity index (χ1v) is 29.6. The van der Waals surface area contributed by atoms with Crippen LogP contribution in [-0.2, 0) is 0 Å². The second kappa shape index (κ2) is 10.7. The summed E-state index contributed by atoms with van der Waals surface area (Å²) in [5.41, 5.74) is 0. The SMILES string of the molecule is C[N+](C)(C)C.I[IH][I-][IH]I. The van der Waals surface area contributed by atoms with E-state index in [0.717, 1.165) is 17.7 Å². The number of hydrogen-bond donors (Lipinski definition) is 0. The van der Waals surface area contributed by atoms with Crippen molar-refractivity contribution in [2.75, 3.05) is 28.2 Å². The van der Waals surface area contributed by atoms with Crippen LogP contribution in [-0.4, -0.2) is 32.7 Å². The van der Waals surface area contributed by atoms with Crippen molar-refractivity contribution in [1.82, 2.24) is 0 Å². The zero-order chi connectivity index (χ0) is 8.62. The van der Waals surface area contributed by atoms with Gasteiger partial charge < -0.3 is 4.48 Å². The van der Waals surface area contributed by atoms with E-state index in [4.69, 9.17) is 0 Å². The molecule has 0 N–H and O–H groups in total. The quantitative estimate of drug-likeness (QED) is 0.287. The second-order valence-electron chi connectivity index (χ2n) is 2.86. The van der Waals surface area contributed by atoms with Crippen molar-refractivity contribution in [1.29, 1.82) is 0 Å². The number of hydrogen-bond acceptors (Lipinski definition) is 0. The van der Waals surface area contributed by atoms with E-state index in [-0.39, 0.29) is 0 Å². The molecule has 0 rings (SSSR count). The topological polar surface area (TPSA) is 0 Å². The molecule has 0 aromatic heterocycles. The van der Waals surface area contributed by atoms with Gasteiger partial charge >= 0.3 is 77.0 Å². The predicted molar refractivity (Wildman–Crippen MR) is 82.8 cm³/mol. The molecule has 0 unspecified atom stereocenters. The zero-order valence-corrected chi connectivity index (χ0v) is 17.5. The van der Waals surface area contributed by atoms with Gasteiger partial charge in [0.15, 0.2) is 0 Å². The Balaban J connectivity index is 0. The minimum atomic E-state index is 0.604. The van der Waals surface area contributed by atoms with Gasteiger partial charge in [0.2, 0.25) is 0 Å². The van der Waals surface area contributed by atoms with Crippen LogP contribution in [0.15, 0.2) is 0 Å². The van der Waals surface area contributed by atoms with Gasteiger partial charge in [-0.1, -0.05) is 0 Å². The van der Waals surface area contributed by atoms with Crippen molar-refractivity contribution >= 4 is 63.7 Å². The molecule has 0 saturated heterocycles. The third-order valence-electron chi connectivity index (χ3n) is 0.0476. The summed E-state index contributed by atoms with van der Waals surface area (Å²) in [5, 5.41) is 0. The van der Waals surface area contributed by atoms with E-state index in [0.29, 0.717) is 26.5 Å². The summed E-state index contributed by atoms with van der Waals surface area (Å²) < 4.78 is 1.00. The molecule has 1 nitrogen and oxygen atoms in total. The first-order valence-electron chi connectivity index (χ1n) is 2.41. The predicted octanol–water partition coefficient (Wildman–Crippen LogP) is 0.334. The Bertz CT molecular complexity index is 53.2. The standard InChI is InChI=1S/C4H12N.H2I5/c1-5(2,3)4;1-3-5-4-2/h1-4H3;3-4H/q+1;-1. The third kappa shape index (κ3) is 41.5. The van der Waals surface area contributed by atoms with E-state index in [1.54, 1.807) is 0 Å². The van der Waals surface area contributed by atoms with Crippen molar-refractivity contribution in [2.24, 2.45) is 0 Å². The molecule has 0 aliphatic rings. The molecule has 0 fully saturated rings. The number of quaternary nitrogens is 1. The fourth-order valence-electron chi connectivity index (χ4n) is 0.00900.